The van der Waals surface area contributed by atoms with Gasteiger partial charge in [-0.25, -0.2) is 0 Å². The summed E-state index contributed by atoms with van der Waals surface area (Å²) in [5, 5.41) is 0. The summed E-state index contributed by atoms with van der Waals surface area (Å²) >= 11 is 0. The van der Waals surface area contributed by atoms with E-state index in [4.69, 9.17) is 0 Å². The van der Waals surface area contributed by atoms with Gasteiger partial charge in [-0.1, -0.05) is 12.8 Å². The molecule has 2 nitrogen and oxygen atoms in total. The molecule has 2 aliphatic carbocycles. The summed E-state index contributed by atoms with van der Waals surface area (Å²) in [6.45, 7) is 5.59. The van der Waals surface area contributed by atoms with Gasteiger partial charge in [0.1, 0.15) is 0 Å². The lowest BCUT2D eigenvalue weighted by Gasteiger charge is -2.55. The van der Waals surface area contributed by atoms with Gasteiger partial charge in [0.25, 0.3) is 0 Å². The number of hydrogen-bond acceptors (Lipinski definition) is 2. The van der Waals surface area contributed by atoms with Crippen LogP contribution in [0.15, 0.2) is 0 Å². The third-order valence-corrected chi connectivity index (χ3v) is 7.15. The number of likely N-dealkylation sites (tertiary alicyclic amines) is 2. The van der Waals surface area contributed by atoms with Gasteiger partial charge in [-0.05, 0) is 90.4 Å². The maximum atomic E-state index is 2.98. The van der Waals surface area contributed by atoms with Gasteiger partial charge in [-0.2, -0.15) is 0 Å². The van der Waals surface area contributed by atoms with Gasteiger partial charge < -0.3 is 0 Å². The quantitative estimate of drug-likeness (QED) is 0.757. The van der Waals surface area contributed by atoms with Crippen LogP contribution < -0.4 is 0 Å². The first-order chi connectivity index (χ1) is 9.87. The molecular weight excluding hydrogens is 244 g/mol. The summed E-state index contributed by atoms with van der Waals surface area (Å²) in [6, 6.07) is 0. The minimum atomic E-state index is 0.588. The predicted octanol–water partition coefficient (Wildman–Crippen LogP) is 3.80. The third kappa shape index (κ3) is 1.83. The van der Waals surface area contributed by atoms with Crippen LogP contribution in [-0.2, 0) is 0 Å². The van der Waals surface area contributed by atoms with Crippen LogP contribution in [0.2, 0.25) is 0 Å². The van der Waals surface area contributed by atoms with Crippen molar-refractivity contribution in [2.24, 2.45) is 0 Å². The van der Waals surface area contributed by atoms with Gasteiger partial charge in [-0.15, -0.1) is 0 Å². The Bertz CT molecular complexity index is 297. The molecule has 0 aromatic rings. The Kier molecular flexibility index (Phi) is 3.58. The molecule has 0 atom stereocenters. The van der Waals surface area contributed by atoms with Gasteiger partial charge >= 0.3 is 0 Å². The molecule has 20 heavy (non-hydrogen) atoms. The predicted molar refractivity (Wildman–Crippen MR) is 84.0 cm³/mol. The first kappa shape index (κ1) is 13.6. The van der Waals surface area contributed by atoms with Crippen LogP contribution in [-0.4, -0.2) is 47.1 Å². The van der Waals surface area contributed by atoms with Crippen molar-refractivity contribution in [3.8, 4) is 0 Å². The van der Waals surface area contributed by atoms with E-state index in [2.05, 4.69) is 9.80 Å². The Morgan fingerprint density at radius 3 is 1.10 bits per heavy atom. The largest absolute Gasteiger partial charge is 0.296 e. The lowest BCUT2D eigenvalue weighted by atomic mass is 9.77. The highest BCUT2D eigenvalue weighted by Gasteiger charge is 2.62. The average Bonchev–Trinajstić information content (AvgIpc) is 3.06. The Morgan fingerprint density at radius 2 is 0.750 bits per heavy atom. The van der Waals surface area contributed by atoms with Crippen LogP contribution in [0.5, 0.6) is 0 Å². The summed E-state index contributed by atoms with van der Waals surface area (Å²) in [4.78, 5) is 5.95. The normalized spacial score (nSPS) is 43.8. The number of fused-ring (bicyclic) bond motifs is 1. The van der Waals surface area contributed by atoms with E-state index in [9.17, 15) is 0 Å². The SMILES string of the molecule is C1CCN(C23CCCC2(N2CCCCC2)CCC3)CC1. The molecule has 4 fully saturated rings. The molecule has 4 rings (SSSR count). The molecule has 0 unspecified atom stereocenters. The summed E-state index contributed by atoms with van der Waals surface area (Å²) < 4.78 is 0. The summed E-state index contributed by atoms with van der Waals surface area (Å²) in [5.74, 6) is 0. The Labute approximate surface area is 124 Å². The zero-order chi connectivity index (χ0) is 13.5. The standard InChI is InChI=1S/C18H32N2/c1-3-13-19(14-4-1)17-9-7-11-18(17,12-8-10-17)20-15-5-2-6-16-20/h1-16H2. The van der Waals surface area contributed by atoms with E-state index < -0.39 is 0 Å². The van der Waals surface area contributed by atoms with E-state index in [-0.39, 0.29) is 0 Å². The summed E-state index contributed by atoms with van der Waals surface area (Å²) in [5.41, 5.74) is 1.18. The molecule has 0 N–H and O–H groups in total. The molecule has 2 saturated carbocycles. The highest BCUT2D eigenvalue weighted by molar-refractivity contribution is 5.20. The first-order valence-electron chi connectivity index (χ1n) is 9.38. The zero-order valence-corrected chi connectivity index (χ0v) is 13.2. The van der Waals surface area contributed by atoms with Gasteiger partial charge in [0.05, 0.1) is 0 Å². The molecule has 2 saturated heterocycles. The number of piperidine rings is 2. The second kappa shape index (κ2) is 5.28. The fourth-order valence-corrected chi connectivity index (χ4v) is 6.39. The van der Waals surface area contributed by atoms with Gasteiger partial charge in [0.15, 0.2) is 0 Å². The van der Waals surface area contributed by atoms with Crippen molar-refractivity contribution < 1.29 is 0 Å². The van der Waals surface area contributed by atoms with Crippen molar-refractivity contribution in [3.63, 3.8) is 0 Å². The number of rotatable bonds is 2. The van der Waals surface area contributed by atoms with E-state index in [1.165, 1.54) is 103 Å². The van der Waals surface area contributed by atoms with Crippen molar-refractivity contribution in [1.82, 2.24) is 9.80 Å². The molecule has 2 heterocycles. The van der Waals surface area contributed by atoms with Gasteiger partial charge in [-0.3, -0.25) is 9.80 Å². The van der Waals surface area contributed by atoms with Crippen molar-refractivity contribution >= 4 is 0 Å². The number of nitrogens with zero attached hydrogens (tertiary/aromatic N) is 2. The lowest BCUT2D eigenvalue weighted by Crippen LogP contribution is -2.66. The van der Waals surface area contributed by atoms with Gasteiger partial charge in [0, 0.05) is 11.1 Å². The maximum absolute atomic E-state index is 2.98. The van der Waals surface area contributed by atoms with Crippen molar-refractivity contribution in [2.45, 2.75) is 88.1 Å². The van der Waals surface area contributed by atoms with Crippen molar-refractivity contribution in [2.75, 3.05) is 26.2 Å². The maximum Gasteiger partial charge on any atom is 0.0393 e. The van der Waals surface area contributed by atoms with Crippen LogP contribution in [0.1, 0.15) is 77.0 Å². The van der Waals surface area contributed by atoms with Crippen LogP contribution in [0.25, 0.3) is 0 Å². The highest BCUT2D eigenvalue weighted by Crippen LogP contribution is 2.57. The molecule has 0 aromatic heterocycles. The monoisotopic (exact) mass is 276 g/mol. The van der Waals surface area contributed by atoms with Crippen LogP contribution in [0, 0.1) is 0 Å². The first-order valence-corrected chi connectivity index (χ1v) is 9.38. The molecule has 0 spiro atoms. The lowest BCUT2D eigenvalue weighted by molar-refractivity contribution is -0.0510. The average molecular weight is 276 g/mol. The minimum Gasteiger partial charge on any atom is -0.296 e. The van der Waals surface area contributed by atoms with E-state index >= 15 is 0 Å². The Hall–Kier alpha value is -0.0800. The van der Waals surface area contributed by atoms with Crippen LogP contribution in [0.4, 0.5) is 0 Å². The molecule has 4 aliphatic rings. The van der Waals surface area contributed by atoms with Crippen LogP contribution in [0.3, 0.4) is 0 Å². The molecule has 2 aliphatic heterocycles. The fourth-order valence-electron chi connectivity index (χ4n) is 6.39. The second-order valence-corrected chi connectivity index (χ2v) is 7.87. The van der Waals surface area contributed by atoms with Gasteiger partial charge in [0.2, 0.25) is 0 Å². The minimum absolute atomic E-state index is 0.588. The molecule has 0 radical (unpaired) electrons. The molecule has 2 heteroatoms. The second-order valence-electron chi connectivity index (χ2n) is 7.87. The summed E-state index contributed by atoms with van der Waals surface area (Å²) in [6.07, 6.45) is 17.8. The molecule has 0 bridgehead atoms. The molecular formula is C18H32N2. The smallest absolute Gasteiger partial charge is 0.0393 e. The fraction of sp³-hybridized carbons (Fsp3) is 1.00. The van der Waals surface area contributed by atoms with Crippen molar-refractivity contribution in [3.05, 3.63) is 0 Å². The van der Waals surface area contributed by atoms with Crippen LogP contribution >= 0.6 is 0 Å². The topological polar surface area (TPSA) is 6.48 Å². The highest BCUT2D eigenvalue weighted by atomic mass is 15.3. The molecule has 114 valence electrons. The van der Waals surface area contributed by atoms with E-state index in [1.54, 1.807) is 0 Å². The third-order valence-electron chi connectivity index (χ3n) is 7.15. The summed E-state index contributed by atoms with van der Waals surface area (Å²) in [7, 11) is 0. The van der Waals surface area contributed by atoms with E-state index in [0.717, 1.165) is 0 Å². The van der Waals surface area contributed by atoms with E-state index in [0.29, 0.717) is 11.1 Å². The number of hydrogen-bond donors (Lipinski definition) is 0. The molecule has 0 aromatic carbocycles. The van der Waals surface area contributed by atoms with E-state index in [1.807, 2.05) is 0 Å². The Balaban J connectivity index is 1.65. The zero-order valence-electron chi connectivity index (χ0n) is 13.2. The Morgan fingerprint density at radius 1 is 0.400 bits per heavy atom. The van der Waals surface area contributed by atoms with Crippen molar-refractivity contribution in [1.29, 1.82) is 0 Å². The molecule has 0 amide bonds.